The SMILES string of the molecule is CC(C)(C)[Si](C)(C)OC1[C@H](n2cnc3c(=O)[nH]c(NC(=O)COc4ccccc4)nc32)O[C@H](CO[Si](c2ccccc2)(c2ccccc2)C(C)(C)C)C1(O)O[P+](=O)O[N+]12CCCCCC1=NCCC2. The molecule has 3 aromatic carbocycles. The summed E-state index contributed by atoms with van der Waals surface area (Å²) in [4.78, 5) is 43.4. The van der Waals surface area contributed by atoms with Gasteiger partial charge in [-0.05, 0) is 58.5 Å². The molecule has 2 saturated heterocycles. The van der Waals surface area contributed by atoms with Crippen LogP contribution in [0.5, 0.6) is 5.75 Å². The van der Waals surface area contributed by atoms with Gasteiger partial charge >= 0.3 is 8.25 Å². The molecule has 17 nitrogen and oxygen atoms in total. The molecule has 0 saturated carbocycles. The van der Waals surface area contributed by atoms with E-state index in [9.17, 15) is 19.3 Å². The van der Waals surface area contributed by atoms with Gasteiger partial charge in [0, 0.05) is 23.8 Å². The zero-order valence-electron chi connectivity index (χ0n) is 40.8. The largest absolute Gasteiger partial charge is 0.754 e. The summed E-state index contributed by atoms with van der Waals surface area (Å²) in [6, 6.07) is 29.0. The molecule has 0 bridgehead atoms. The number of ether oxygens (including phenoxy) is 2. The Morgan fingerprint density at radius 2 is 1.57 bits per heavy atom. The van der Waals surface area contributed by atoms with Gasteiger partial charge in [-0.25, -0.2) is 9.98 Å². The molecule has 69 heavy (non-hydrogen) atoms. The van der Waals surface area contributed by atoms with Gasteiger partial charge in [-0.1, -0.05) is 130 Å². The monoisotopic (exact) mass is 999 g/mol. The van der Waals surface area contributed by atoms with Crippen LogP contribution in [0.3, 0.4) is 0 Å². The van der Waals surface area contributed by atoms with Crippen molar-refractivity contribution in [2.24, 2.45) is 4.99 Å². The van der Waals surface area contributed by atoms with Gasteiger partial charge in [0.2, 0.25) is 11.8 Å². The molecule has 3 aliphatic heterocycles. The number of rotatable bonds is 16. The van der Waals surface area contributed by atoms with E-state index >= 15 is 0 Å². The third-order valence-electron chi connectivity index (χ3n) is 13.9. The fourth-order valence-corrected chi connectivity index (χ4v) is 16.2. The molecular weight excluding hydrogens is 934 g/mol. The number of hydroxylamine groups is 3. The number of H-pyrrole nitrogens is 1. The highest BCUT2D eigenvalue weighted by atomic mass is 31.1. The first kappa shape index (κ1) is 50.6. The molecular formula is C49H66N7O10PSi2+2. The van der Waals surface area contributed by atoms with E-state index in [0.29, 0.717) is 31.8 Å². The number of nitrogens with zero attached hydrogens (tertiary/aromatic N) is 5. The number of aliphatic imine (C=N–C) groups is 1. The van der Waals surface area contributed by atoms with Crippen LogP contribution in [0.2, 0.25) is 23.2 Å². The number of imidazole rings is 1. The van der Waals surface area contributed by atoms with E-state index in [-0.39, 0.29) is 35.0 Å². The van der Waals surface area contributed by atoms with Gasteiger partial charge in [0.25, 0.3) is 25.6 Å². The fraction of sp³-hybridized carbons (Fsp3) is 0.490. The van der Waals surface area contributed by atoms with Gasteiger partial charge < -0.3 is 23.4 Å². The first-order chi connectivity index (χ1) is 32.8. The van der Waals surface area contributed by atoms with Crippen molar-refractivity contribution in [3.05, 3.63) is 108 Å². The number of carbonyl (C=O) groups excluding carboxylic acids is 1. The average molecular weight is 1000 g/mol. The van der Waals surface area contributed by atoms with Crippen LogP contribution in [0.1, 0.15) is 79.9 Å². The minimum absolute atomic E-state index is 0.0143. The highest BCUT2D eigenvalue weighted by Gasteiger charge is 2.68. The topological polar surface area (TPSA) is 198 Å². The van der Waals surface area contributed by atoms with Crippen LogP contribution in [0.25, 0.3) is 11.2 Å². The summed E-state index contributed by atoms with van der Waals surface area (Å²) in [7, 11) is -9.33. The van der Waals surface area contributed by atoms with E-state index in [1.165, 1.54) is 10.9 Å². The number of fused-ring (bicyclic) bond motifs is 2. The van der Waals surface area contributed by atoms with Crippen LogP contribution >= 0.6 is 8.25 Å². The molecule has 368 valence electrons. The number of hydrogen-bond donors (Lipinski definition) is 3. The van der Waals surface area contributed by atoms with Crippen molar-refractivity contribution in [1.29, 1.82) is 0 Å². The molecule has 1 amide bonds. The van der Waals surface area contributed by atoms with E-state index in [1.807, 2.05) is 55.6 Å². The number of amidine groups is 1. The minimum Gasteiger partial charge on any atom is -0.484 e. The zero-order chi connectivity index (χ0) is 49.2. The maximum absolute atomic E-state index is 14.8. The highest BCUT2D eigenvalue weighted by molar-refractivity contribution is 7.33. The van der Waals surface area contributed by atoms with Gasteiger partial charge in [-0.15, -0.1) is 0 Å². The normalized spacial score (nSPS) is 23.8. The summed E-state index contributed by atoms with van der Waals surface area (Å²) >= 11 is 0. The Kier molecular flexibility index (Phi) is 14.8. The number of carbonyl (C=O) groups is 1. The molecule has 6 atom stereocenters. The van der Waals surface area contributed by atoms with Gasteiger partial charge in [0.15, 0.2) is 38.4 Å². The smallest absolute Gasteiger partial charge is 0.484 e. The van der Waals surface area contributed by atoms with Gasteiger partial charge in [0.1, 0.15) is 24.9 Å². The number of quaternary nitrogens is 1. The number of aliphatic hydroxyl groups is 1. The number of aromatic amines is 1. The third-order valence-corrected chi connectivity index (χ3v) is 24.3. The second-order valence-corrected chi connectivity index (χ2v) is 30.5. The van der Waals surface area contributed by atoms with E-state index in [1.54, 1.807) is 24.3 Å². The number of nitrogens with one attached hydrogen (secondary N) is 2. The second kappa shape index (κ2) is 20.1. The van der Waals surface area contributed by atoms with Gasteiger partial charge in [-0.2, -0.15) is 4.98 Å². The summed E-state index contributed by atoms with van der Waals surface area (Å²) in [5.41, 5.74) is -0.693. The highest BCUT2D eigenvalue weighted by Crippen LogP contribution is 2.51. The Labute approximate surface area is 406 Å². The quantitative estimate of drug-likeness (QED) is 0.0382. The minimum atomic E-state index is -3.30. The van der Waals surface area contributed by atoms with Crippen molar-refractivity contribution in [3.8, 4) is 5.75 Å². The van der Waals surface area contributed by atoms with Crippen LogP contribution in [0, 0.1) is 0 Å². The molecule has 0 aliphatic carbocycles. The fourth-order valence-electron chi connectivity index (χ4n) is 9.35. The maximum Gasteiger partial charge on any atom is 0.754 e. The number of hydrogen-bond acceptors (Lipinski definition) is 13. The molecule has 20 heteroatoms. The lowest BCUT2D eigenvalue weighted by Crippen LogP contribution is -2.67. The summed E-state index contributed by atoms with van der Waals surface area (Å²) in [5.74, 6) is -1.96. The summed E-state index contributed by atoms with van der Waals surface area (Å²) in [5, 5.41) is 17.4. The Balaban J connectivity index is 1.23. The maximum atomic E-state index is 14.8. The predicted molar refractivity (Wildman–Crippen MR) is 268 cm³/mol. The van der Waals surface area contributed by atoms with Gasteiger partial charge in [0.05, 0.1) is 24.1 Å². The second-order valence-electron chi connectivity index (χ2n) is 20.6. The summed E-state index contributed by atoms with van der Waals surface area (Å²) < 4.78 is 56.6. The van der Waals surface area contributed by atoms with E-state index in [0.717, 1.165) is 41.9 Å². The van der Waals surface area contributed by atoms with Crippen molar-refractivity contribution >= 4 is 64.1 Å². The average Bonchev–Trinajstić information content (AvgIpc) is 3.75. The number of aromatic nitrogens is 4. The van der Waals surface area contributed by atoms with Crippen molar-refractivity contribution in [2.45, 2.75) is 121 Å². The molecule has 2 aromatic heterocycles. The summed E-state index contributed by atoms with van der Waals surface area (Å²) in [6.45, 7) is 17.8. The predicted octanol–water partition coefficient (Wildman–Crippen LogP) is 7.49. The van der Waals surface area contributed by atoms with Crippen LogP contribution in [0.15, 0.2) is 107 Å². The third kappa shape index (κ3) is 10.4. The lowest BCUT2D eigenvalue weighted by Gasteiger charge is -2.44. The number of para-hydroxylation sites is 1. The molecule has 0 spiro atoms. The van der Waals surface area contributed by atoms with Crippen LogP contribution < -0.4 is 26.0 Å². The van der Waals surface area contributed by atoms with E-state index in [2.05, 4.69) is 86.1 Å². The van der Waals surface area contributed by atoms with E-state index in [4.69, 9.17) is 32.5 Å². The van der Waals surface area contributed by atoms with Crippen molar-refractivity contribution < 1.29 is 46.6 Å². The van der Waals surface area contributed by atoms with Gasteiger partial charge in [-0.3, -0.25) is 24.5 Å². The van der Waals surface area contributed by atoms with Crippen LogP contribution in [0.4, 0.5) is 5.95 Å². The molecule has 3 aliphatic rings. The van der Waals surface area contributed by atoms with Crippen LogP contribution in [-0.2, 0) is 32.1 Å². The Bertz CT molecular complexity index is 2660. The lowest BCUT2D eigenvalue weighted by molar-refractivity contribution is -1.01. The van der Waals surface area contributed by atoms with Crippen molar-refractivity contribution in [1.82, 2.24) is 19.5 Å². The standard InChI is InChI=1S/C49H64N7O10PSi2/c1-47(2,3)68(7,8)64-42-45(55-34-51-41-43(55)53-46(54-44(41)58)52-40(57)33-61-35-22-13-9-14-23-35)63-38(49(42,59)65-67(60)66-56-30-20-12-19-28-39(56)50-29-21-31-56)32-62-69(48(4,5)6,36-24-15-10-16-25-36)37-26-17-11-18-27-37/h9-11,13-18,22-27,34,38,42,45,59H,12,19-21,28-33H2,1-8H3/p+2/t38-,42?,45-,49?,56?/m1/s1. The molecule has 2 fully saturated rings. The summed E-state index contributed by atoms with van der Waals surface area (Å²) in [6.07, 6.45) is 1.45. The first-order valence-corrected chi connectivity index (χ1v) is 29.7. The number of benzene rings is 3. The molecule has 8 rings (SSSR count). The number of anilines is 1. The molecule has 3 N–H and O–H groups in total. The molecule has 5 aromatic rings. The first-order valence-electron chi connectivity index (χ1n) is 23.8. The molecule has 4 unspecified atom stereocenters. The number of amides is 1. The van der Waals surface area contributed by atoms with Crippen molar-refractivity contribution in [3.63, 3.8) is 0 Å². The lowest BCUT2D eigenvalue weighted by atomic mass is 10.1. The Hall–Kier alpha value is -4.80. The molecule has 5 heterocycles. The van der Waals surface area contributed by atoms with Crippen molar-refractivity contribution in [2.75, 3.05) is 38.2 Å². The Morgan fingerprint density at radius 1 is 0.928 bits per heavy atom. The molecule has 0 radical (unpaired) electrons. The Morgan fingerprint density at radius 3 is 2.20 bits per heavy atom. The van der Waals surface area contributed by atoms with E-state index < -0.39 is 70.7 Å². The zero-order valence-corrected chi connectivity index (χ0v) is 43.7. The van der Waals surface area contributed by atoms with Crippen LogP contribution in [-0.4, -0.2) is 108 Å².